The van der Waals surface area contributed by atoms with E-state index in [-0.39, 0.29) is 18.8 Å². The summed E-state index contributed by atoms with van der Waals surface area (Å²) in [5, 5.41) is 11.1. The fraction of sp³-hybridized carbons (Fsp3) is 0.143. The third-order valence-electron chi connectivity index (χ3n) is 5.98. The number of anilines is 1. The smallest absolute Gasteiger partial charge is 0.249 e. The van der Waals surface area contributed by atoms with Crippen molar-refractivity contribution in [1.82, 2.24) is 20.3 Å². The van der Waals surface area contributed by atoms with Crippen molar-refractivity contribution in [3.8, 4) is 0 Å². The van der Waals surface area contributed by atoms with E-state index in [0.717, 1.165) is 5.56 Å². The monoisotopic (exact) mass is 497 g/mol. The van der Waals surface area contributed by atoms with Crippen molar-refractivity contribution in [2.45, 2.75) is 26.1 Å². The molecule has 0 bridgehead atoms. The van der Waals surface area contributed by atoms with Crippen molar-refractivity contribution in [2.24, 2.45) is 0 Å². The number of nitrogens with one attached hydrogen (secondary N) is 1. The SMILES string of the molecule is Cc1ccc([C@@H](C(=O)NCc2ccco2)N(C(=O)Cn2nnc3ccccc32)c2cccc(F)c2)cc1. The molecule has 186 valence electrons. The molecule has 0 aliphatic rings. The van der Waals surface area contributed by atoms with E-state index in [1.165, 1.54) is 34.0 Å². The maximum absolute atomic E-state index is 14.4. The zero-order chi connectivity index (χ0) is 25.8. The lowest BCUT2D eigenvalue weighted by Crippen LogP contribution is -2.45. The standard InChI is InChI=1S/C28H24FN5O3/c1-19-11-13-20(14-12-19)27(28(36)30-17-23-8-5-15-37-23)34(22-7-4-6-21(29)16-22)26(35)18-33-25-10-3-2-9-24(25)31-32-33/h2-16,27H,17-18H2,1H3,(H,30,36)/t27-/m0/s1. The summed E-state index contributed by atoms with van der Waals surface area (Å²) in [5.74, 6) is -0.866. The predicted octanol–water partition coefficient (Wildman–Crippen LogP) is 4.56. The molecule has 8 nitrogen and oxygen atoms in total. The van der Waals surface area contributed by atoms with Gasteiger partial charge in [0.05, 0.1) is 18.3 Å². The number of rotatable bonds is 8. The second-order valence-electron chi connectivity index (χ2n) is 8.59. The van der Waals surface area contributed by atoms with E-state index < -0.39 is 23.7 Å². The van der Waals surface area contributed by atoms with Gasteiger partial charge in [-0.2, -0.15) is 0 Å². The number of amides is 2. The first-order chi connectivity index (χ1) is 18.0. The largest absolute Gasteiger partial charge is 0.467 e. The third-order valence-corrected chi connectivity index (χ3v) is 5.98. The number of hydrogen-bond donors (Lipinski definition) is 1. The van der Waals surface area contributed by atoms with Crippen LogP contribution in [0.2, 0.25) is 0 Å². The molecular weight excluding hydrogens is 473 g/mol. The summed E-state index contributed by atoms with van der Waals surface area (Å²) in [4.78, 5) is 28.9. The van der Waals surface area contributed by atoms with E-state index in [2.05, 4.69) is 15.6 Å². The number of fused-ring (bicyclic) bond motifs is 1. The average Bonchev–Trinajstić information content (AvgIpc) is 3.57. The predicted molar refractivity (Wildman–Crippen MR) is 136 cm³/mol. The molecule has 0 aliphatic heterocycles. The Kier molecular flexibility index (Phi) is 6.76. The normalized spacial score (nSPS) is 11.8. The van der Waals surface area contributed by atoms with Crippen LogP contribution in [0.3, 0.4) is 0 Å². The summed E-state index contributed by atoms with van der Waals surface area (Å²) in [6, 6.07) is 22.6. The zero-order valence-electron chi connectivity index (χ0n) is 20.0. The summed E-state index contributed by atoms with van der Waals surface area (Å²) in [6.07, 6.45) is 1.52. The van der Waals surface area contributed by atoms with Gasteiger partial charge in [-0.1, -0.05) is 53.2 Å². The van der Waals surface area contributed by atoms with Gasteiger partial charge < -0.3 is 9.73 Å². The number of benzene rings is 3. The lowest BCUT2D eigenvalue weighted by molar-refractivity contribution is -0.127. The van der Waals surface area contributed by atoms with Crippen LogP contribution in [0.25, 0.3) is 11.0 Å². The summed E-state index contributed by atoms with van der Waals surface area (Å²) in [7, 11) is 0. The minimum absolute atomic E-state index is 0.132. The summed E-state index contributed by atoms with van der Waals surface area (Å²) in [6.45, 7) is 1.86. The van der Waals surface area contributed by atoms with Crippen molar-refractivity contribution >= 4 is 28.5 Å². The first-order valence-corrected chi connectivity index (χ1v) is 11.7. The second-order valence-corrected chi connectivity index (χ2v) is 8.59. The summed E-state index contributed by atoms with van der Waals surface area (Å²) in [5.41, 5.74) is 3.12. The molecular formula is C28H24FN5O3. The molecule has 2 amide bonds. The first kappa shape index (κ1) is 23.9. The Labute approximate surface area is 212 Å². The van der Waals surface area contributed by atoms with Crippen molar-refractivity contribution in [3.63, 3.8) is 0 Å². The minimum atomic E-state index is -1.08. The number of hydrogen-bond acceptors (Lipinski definition) is 5. The van der Waals surface area contributed by atoms with Crippen molar-refractivity contribution in [3.05, 3.63) is 114 Å². The number of para-hydroxylation sites is 1. The highest BCUT2D eigenvalue weighted by Crippen LogP contribution is 2.29. The van der Waals surface area contributed by atoms with E-state index in [1.54, 1.807) is 36.4 Å². The lowest BCUT2D eigenvalue weighted by atomic mass is 10.0. The van der Waals surface area contributed by atoms with Gasteiger partial charge in [-0.25, -0.2) is 9.07 Å². The number of aryl methyl sites for hydroxylation is 1. The van der Waals surface area contributed by atoms with E-state index in [0.29, 0.717) is 22.4 Å². The van der Waals surface area contributed by atoms with Gasteiger partial charge in [0.1, 0.15) is 29.7 Å². The van der Waals surface area contributed by atoms with E-state index >= 15 is 0 Å². The Hall–Kier alpha value is -4.79. The van der Waals surface area contributed by atoms with E-state index in [1.807, 2.05) is 37.3 Å². The molecule has 0 radical (unpaired) electrons. The van der Waals surface area contributed by atoms with Gasteiger partial charge in [0.15, 0.2) is 0 Å². The molecule has 1 N–H and O–H groups in total. The van der Waals surface area contributed by atoms with Gasteiger partial charge in [-0.15, -0.1) is 5.10 Å². The quantitative estimate of drug-likeness (QED) is 0.339. The van der Waals surface area contributed by atoms with Crippen LogP contribution in [0, 0.1) is 12.7 Å². The molecule has 5 rings (SSSR count). The van der Waals surface area contributed by atoms with E-state index in [9.17, 15) is 14.0 Å². The highest BCUT2D eigenvalue weighted by molar-refractivity contribution is 6.01. The number of halogens is 1. The van der Waals surface area contributed by atoms with Gasteiger partial charge >= 0.3 is 0 Å². The van der Waals surface area contributed by atoms with Crippen LogP contribution >= 0.6 is 0 Å². The van der Waals surface area contributed by atoms with Gasteiger partial charge in [0, 0.05) is 5.69 Å². The third kappa shape index (κ3) is 5.25. The molecule has 0 saturated carbocycles. The minimum Gasteiger partial charge on any atom is -0.467 e. The zero-order valence-corrected chi connectivity index (χ0v) is 20.0. The molecule has 3 aromatic carbocycles. The number of aromatic nitrogens is 3. The Morgan fingerprint density at radius 1 is 1.03 bits per heavy atom. The summed E-state index contributed by atoms with van der Waals surface area (Å²) >= 11 is 0. The van der Waals surface area contributed by atoms with Gasteiger partial charge in [0.25, 0.3) is 0 Å². The van der Waals surface area contributed by atoms with Crippen LogP contribution in [0.4, 0.5) is 10.1 Å². The first-order valence-electron chi connectivity index (χ1n) is 11.7. The fourth-order valence-corrected chi connectivity index (χ4v) is 4.15. The molecule has 2 aromatic heterocycles. The van der Waals surface area contributed by atoms with Crippen molar-refractivity contribution in [2.75, 3.05) is 4.90 Å². The van der Waals surface area contributed by atoms with Crippen molar-refractivity contribution in [1.29, 1.82) is 0 Å². The number of carbonyl (C=O) groups is 2. The number of nitrogens with zero attached hydrogens (tertiary/aromatic N) is 4. The molecule has 0 spiro atoms. The van der Waals surface area contributed by atoms with Gasteiger partial charge in [0.2, 0.25) is 11.8 Å². The molecule has 0 saturated heterocycles. The maximum atomic E-state index is 14.4. The van der Waals surface area contributed by atoms with Crippen LogP contribution in [0.5, 0.6) is 0 Å². The molecule has 0 aliphatic carbocycles. The van der Waals surface area contributed by atoms with Crippen LogP contribution in [-0.2, 0) is 22.7 Å². The highest BCUT2D eigenvalue weighted by atomic mass is 19.1. The van der Waals surface area contributed by atoms with Crippen LogP contribution in [-0.4, -0.2) is 26.8 Å². The lowest BCUT2D eigenvalue weighted by Gasteiger charge is -2.31. The second kappa shape index (κ2) is 10.4. The molecule has 0 unspecified atom stereocenters. The number of furan rings is 1. The molecule has 2 heterocycles. The number of carbonyl (C=O) groups excluding carboxylic acids is 2. The van der Waals surface area contributed by atoms with Crippen LogP contribution in [0.15, 0.2) is 95.6 Å². The Balaban J connectivity index is 1.56. The fourth-order valence-electron chi connectivity index (χ4n) is 4.15. The van der Waals surface area contributed by atoms with E-state index in [4.69, 9.17) is 4.42 Å². The van der Waals surface area contributed by atoms with Gasteiger partial charge in [-0.3, -0.25) is 14.5 Å². The Morgan fingerprint density at radius 2 is 1.84 bits per heavy atom. The van der Waals surface area contributed by atoms with Crippen LogP contribution in [0.1, 0.15) is 22.9 Å². The molecule has 37 heavy (non-hydrogen) atoms. The molecule has 5 aromatic rings. The van der Waals surface area contributed by atoms with Crippen molar-refractivity contribution < 1.29 is 18.4 Å². The molecule has 0 fully saturated rings. The molecule has 9 heteroatoms. The van der Waals surface area contributed by atoms with Crippen LogP contribution < -0.4 is 10.2 Å². The average molecular weight is 498 g/mol. The Bertz CT molecular complexity index is 1530. The highest BCUT2D eigenvalue weighted by Gasteiger charge is 2.33. The summed E-state index contributed by atoms with van der Waals surface area (Å²) < 4.78 is 21.2. The molecule has 1 atom stereocenters. The topological polar surface area (TPSA) is 93.3 Å². The Morgan fingerprint density at radius 3 is 2.59 bits per heavy atom. The van der Waals surface area contributed by atoms with Gasteiger partial charge in [-0.05, 0) is 55.0 Å². The maximum Gasteiger partial charge on any atom is 0.249 e.